The second-order valence-electron chi connectivity index (χ2n) is 6.12. The van der Waals surface area contributed by atoms with Crippen LogP contribution in [-0.4, -0.2) is 29.2 Å². The summed E-state index contributed by atoms with van der Waals surface area (Å²) in [6.07, 6.45) is 3.01. The van der Waals surface area contributed by atoms with Gasteiger partial charge in [0.15, 0.2) is 0 Å². The molecule has 0 radical (unpaired) electrons. The number of fused-ring (bicyclic) bond motifs is 2. The van der Waals surface area contributed by atoms with E-state index in [4.69, 9.17) is 4.74 Å². The number of aliphatic carboxylic acids is 1. The van der Waals surface area contributed by atoms with Gasteiger partial charge in [-0.25, -0.2) is 0 Å². The molecule has 4 atom stereocenters. The van der Waals surface area contributed by atoms with Gasteiger partial charge in [0.2, 0.25) is 5.91 Å². The molecule has 22 heavy (non-hydrogen) atoms. The quantitative estimate of drug-likeness (QED) is 0.876. The molecule has 1 aromatic rings. The number of carbonyl (C=O) groups excluding carboxylic acids is 1. The number of carboxylic acid groups (broad SMARTS) is 1. The molecule has 0 unspecified atom stereocenters. The van der Waals surface area contributed by atoms with Gasteiger partial charge in [0, 0.05) is 5.69 Å². The van der Waals surface area contributed by atoms with Gasteiger partial charge in [0.05, 0.1) is 24.0 Å². The molecule has 0 aromatic heterocycles. The summed E-state index contributed by atoms with van der Waals surface area (Å²) in [5.74, 6) is -2.50. The number of nitrogens with one attached hydrogen (secondary N) is 1. The molecule has 0 saturated carbocycles. The van der Waals surface area contributed by atoms with Gasteiger partial charge in [-0.05, 0) is 37.0 Å². The normalized spacial score (nSPS) is 29.5. The Hall–Kier alpha value is -1.88. The first-order valence-corrected chi connectivity index (χ1v) is 7.88. The van der Waals surface area contributed by atoms with Crippen LogP contribution in [-0.2, 0) is 20.7 Å². The summed E-state index contributed by atoms with van der Waals surface area (Å²) >= 11 is 0. The van der Waals surface area contributed by atoms with Crippen molar-refractivity contribution in [2.24, 2.45) is 11.8 Å². The van der Waals surface area contributed by atoms with E-state index in [0.717, 1.165) is 25.7 Å². The fourth-order valence-electron chi connectivity index (χ4n) is 3.59. The van der Waals surface area contributed by atoms with Crippen molar-refractivity contribution in [1.29, 1.82) is 0 Å². The van der Waals surface area contributed by atoms with E-state index in [0.29, 0.717) is 5.69 Å². The van der Waals surface area contributed by atoms with E-state index in [1.807, 2.05) is 24.3 Å². The number of hydrogen-bond donors (Lipinski definition) is 2. The van der Waals surface area contributed by atoms with E-state index in [1.54, 1.807) is 0 Å². The zero-order valence-corrected chi connectivity index (χ0v) is 12.6. The summed E-state index contributed by atoms with van der Waals surface area (Å²) in [4.78, 5) is 23.9. The second-order valence-corrected chi connectivity index (χ2v) is 6.12. The lowest BCUT2D eigenvalue weighted by Gasteiger charge is -2.23. The average Bonchev–Trinajstić information content (AvgIpc) is 3.10. The van der Waals surface area contributed by atoms with Crippen LogP contribution in [0.5, 0.6) is 0 Å². The van der Waals surface area contributed by atoms with E-state index < -0.39 is 17.8 Å². The smallest absolute Gasteiger partial charge is 0.310 e. The van der Waals surface area contributed by atoms with Gasteiger partial charge in [-0.15, -0.1) is 0 Å². The van der Waals surface area contributed by atoms with Crippen LogP contribution in [0.15, 0.2) is 24.3 Å². The fraction of sp³-hybridized carbons (Fsp3) is 0.529. The van der Waals surface area contributed by atoms with Gasteiger partial charge < -0.3 is 15.2 Å². The third-order valence-electron chi connectivity index (χ3n) is 4.62. The highest BCUT2D eigenvalue weighted by atomic mass is 16.5. The number of hydrogen-bond acceptors (Lipinski definition) is 3. The van der Waals surface area contributed by atoms with Gasteiger partial charge in [-0.1, -0.05) is 25.5 Å². The molecule has 3 rings (SSSR count). The molecule has 0 aliphatic carbocycles. The Morgan fingerprint density at radius 1 is 1.18 bits per heavy atom. The predicted octanol–water partition coefficient (Wildman–Crippen LogP) is 2.46. The van der Waals surface area contributed by atoms with E-state index in [2.05, 4.69) is 12.2 Å². The minimum absolute atomic E-state index is 0.247. The van der Waals surface area contributed by atoms with Crippen LogP contribution in [0.25, 0.3) is 0 Å². The Labute approximate surface area is 129 Å². The number of benzene rings is 1. The SMILES string of the molecule is CCCc1ccc(NC(=O)[C@H]2[C@H](C(=O)O)[C@H]3CC[C@H]2O3)cc1. The molecule has 1 aromatic carbocycles. The van der Waals surface area contributed by atoms with Crippen LogP contribution in [0.3, 0.4) is 0 Å². The fourth-order valence-corrected chi connectivity index (χ4v) is 3.59. The number of amides is 1. The van der Waals surface area contributed by atoms with Crippen molar-refractivity contribution < 1.29 is 19.4 Å². The maximum atomic E-state index is 12.5. The minimum atomic E-state index is -0.939. The predicted molar refractivity (Wildman–Crippen MR) is 81.6 cm³/mol. The third kappa shape index (κ3) is 2.73. The number of aryl methyl sites for hydroxylation is 1. The zero-order valence-electron chi connectivity index (χ0n) is 12.6. The molecule has 2 bridgehead atoms. The first-order valence-electron chi connectivity index (χ1n) is 7.88. The first kappa shape index (κ1) is 15.0. The number of anilines is 1. The van der Waals surface area contributed by atoms with E-state index in [1.165, 1.54) is 5.56 Å². The van der Waals surface area contributed by atoms with E-state index in [9.17, 15) is 14.7 Å². The Morgan fingerprint density at radius 2 is 1.82 bits per heavy atom. The standard InChI is InChI=1S/C17H21NO4/c1-2-3-10-4-6-11(7-5-10)18-16(19)14-12-8-9-13(22-12)15(14)17(20)21/h4-7,12-15H,2-3,8-9H2,1H3,(H,18,19)(H,20,21)/t12-,13-,14-,15-/m1/s1. The summed E-state index contributed by atoms with van der Waals surface area (Å²) in [5.41, 5.74) is 1.93. The summed E-state index contributed by atoms with van der Waals surface area (Å²) in [7, 11) is 0. The Morgan fingerprint density at radius 3 is 2.41 bits per heavy atom. The Balaban J connectivity index is 1.69. The lowest BCUT2D eigenvalue weighted by Crippen LogP contribution is -2.40. The molecule has 5 heteroatoms. The molecule has 2 heterocycles. The van der Waals surface area contributed by atoms with Crippen molar-refractivity contribution in [3.05, 3.63) is 29.8 Å². The van der Waals surface area contributed by atoms with Crippen molar-refractivity contribution >= 4 is 17.6 Å². The van der Waals surface area contributed by atoms with Gasteiger partial charge >= 0.3 is 5.97 Å². The molecule has 5 nitrogen and oxygen atoms in total. The highest BCUT2D eigenvalue weighted by Gasteiger charge is 2.55. The monoisotopic (exact) mass is 303 g/mol. The molecule has 2 saturated heterocycles. The average molecular weight is 303 g/mol. The molecular weight excluding hydrogens is 282 g/mol. The van der Waals surface area contributed by atoms with Crippen LogP contribution in [0.4, 0.5) is 5.69 Å². The molecule has 2 N–H and O–H groups in total. The van der Waals surface area contributed by atoms with Crippen LogP contribution >= 0.6 is 0 Å². The summed E-state index contributed by atoms with van der Waals surface area (Å²) < 4.78 is 5.63. The van der Waals surface area contributed by atoms with Crippen LogP contribution in [0, 0.1) is 11.8 Å². The van der Waals surface area contributed by atoms with Gasteiger partial charge in [-0.2, -0.15) is 0 Å². The summed E-state index contributed by atoms with van der Waals surface area (Å²) in [5, 5.41) is 12.2. The van der Waals surface area contributed by atoms with Crippen LogP contribution in [0.2, 0.25) is 0 Å². The lowest BCUT2D eigenvalue weighted by atomic mass is 9.78. The second kappa shape index (κ2) is 6.08. The topological polar surface area (TPSA) is 75.6 Å². The number of ether oxygens (including phenoxy) is 1. The molecule has 1 amide bonds. The molecule has 2 aliphatic heterocycles. The maximum Gasteiger partial charge on any atom is 0.310 e. The van der Waals surface area contributed by atoms with Crippen LogP contribution < -0.4 is 5.32 Å². The summed E-state index contributed by atoms with van der Waals surface area (Å²) in [6, 6.07) is 7.72. The largest absolute Gasteiger partial charge is 0.481 e. The van der Waals surface area contributed by atoms with Gasteiger partial charge in [-0.3, -0.25) is 9.59 Å². The van der Waals surface area contributed by atoms with E-state index in [-0.39, 0.29) is 18.1 Å². The minimum Gasteiger partial charge on any atom is -0.481 e. The third-order valence-corrected chi connectivity index (χ3v) is 4.62. The molecule has 2 fully saturated rings. The molecule has 2 aliphatic rings. The number of rotatable bonds is 5. The molecular formula is C17H21NO4. The highest BCUT2D eigenvalue weighted by molar-refractivity contribution is 5.96. The summed E-state index contributed by atoms with van der Waals surface area (Å²) in [6.45, 7) is 2.12. The van der Waals surface area contributed by atoms with Crippen molar-refractivity contribution in [2.45, 2.75) is 44.8 Å². The number of carboxylic acids is 1. The van der Waals surface area contributed by atoms with Gasteiger partial charge in [0.25, 0.3) is 0 Å². The highest BCUT2D eigenvalue weighted by Crippen LogP contribution is 2.44. The van der Waals surface area contributed by atoms with Gasteiger partial charge in [0.1, 0.15) is 0 Å². The van der Waals surface area contributed by atoms with Crippen molar-refractivity contribution in [2.75, 3.05) is 5.32 Å². The lowest BCUT2D eigenvalue weighted by molar-refractivity contribution is -0.147. The van der Waals surface area contributed by atoms with Crippen molar-refractivity contribution in [3.63, 3.8) is 0 Å². The Bertz CT molecular complexity index is 569. The van der Waals surface area contributed by atoms with E-state index >= 15 is 0 Å². The molecule has 118 valence electrons. The Kier molecular flexibility index (Phi) is 4.16. The van der Waals surface area contributed by atoms with Crippen LogP contribution in [0.1, 0.15) is 31.7 Å². The number of carbonyl (C=O) groups is 2. The van der Waals surface area contributed by atoms with Crippen molar-refractivity contribution in [3.8, 4) is 0 Å². The van der Waals surface area contributed by atoms with Crippen molar-refractivity contribution in [1.82, 2.24) is 0 Å². The first-order chi connectivity index (χ1) is 10.6. The zero-order chi connectivity index (χ0) is 15.7. The molecule has 0 spiro atoms. The maximum absolute atomic E-state index is 12.5.